The van der Waals surface area contributed by atoms with E-state index in [1.807, 2.05) is 0 Å². The third-order valence-electron chi connectivity index (χ3n) is 3.18. The highest BCUT2D eigenvalue weighted by atomic mass is 19.2. The zero-order valence-corrected chi connectivity index (χ0v) is 12.3. The largest absolute Gasteiger partial charge is 0.545 e. The normalized spacial score (nSPS) is 10.5. The van der Waals surface area contributed by atoms with Crippen molar-refractivity contribution in [2.75, 3.05) is 5.32 Å². The van der Waals surface area contributed by atoms with Crippen LogP contribution >= 0.6 is 0 Å². The highest BCUT2D eigenvalue weighted by Crippen LogP contribution is 2.20. The van der Waals surface area contributed by atoms with Gasteiger partial charge in [-0.05, 0) is 18.2 Å². The fourth-order valence-corrected chi connectivity index (χ4v) is 1.98. The van der Waals surface area contributed by atoms with E-state index >= 15 is 0 Å². The number of carboxylic acids is 1. The maximum Gasteiger partial charge on any atom is 0.276 e. The van der Waals surface area contributed by atoms with Crippen LogP contribution < -0.4 is 10.4 Å². The molecule has 1 amide bonds. The summed E-state index contributed by atoms with van der Waals surface area (Å²) in [7, 11) is 0. The number of nitrogens with zero attached hydrogens (tertiary/aromatic N) is 4. The topological polar surface area (TPSA) is 113 Å². The van der Waals surface area contributed by atoms with Crippen molar-refractivity contribution in [3.05, 3.63) is 65.9 Å². The van der Waals surface area contributed by atoms with E-state index in [9.17, 15) is 23.5 Å². The predicted molar refractivity (Wildman–Crippen MR) is 77.8 cm³/mol. The van der Waals surface area contributed by atoms with Gasteiger partial charge in [0.2, 0.25) is 0 Å². The second-order valence-corrected chi connectivity index (χ2v) is 4.80. The molecule has 126 valence electrons. The first-order valence-electron chi connectivity index (χ1n) is 6.79. The van der Waals surface area contributed by atoms with Crippen molar-refractivity contribution in [2.45, 2.75) is 0 Å². The molecule has 8 nitrogen and oxygen atoms in total. The summed E-state index contributed by atoms with van der Waals surface area (Å²) in [6.45, 7) is 0. The third kappa shape index (κ3) is 3.32. The van der Waals surface area contributed by atoms with Crippen LogP contribution in [0.4, 0.5) is 14.5 Å². The van der Waals surface area contributed by atoms with Crippen LogP contribution in [0.3, 0.4) is 0 Å². The molecule has 2 heterocycles. The summed E-state index contributed by atoms with van der Waals surface area (Å²) in [5.74, 6) is -4.91. The minimum atomic E-state index is -1.77. The standard InChI is InChI=1S/C15H9F2N5O3/c16-9-5-8(15(24)25)12(6-10(9)17)19-14(23)11-1-2-13(21-20-11)22-4-3-18-7-22/h1-7H,(H,19,23)(H,24,25)/p-1. The average molecular weight is 344 g/mol. The van der Waals surface area contributed by atoms with E-state index in [1.54, 1.807) is 10.8 Å². The molecule has 1 aromatic carbocycles. The van der Waals surface area contributed by atoms with E-state index < -0.39 is 34.8 Å². The molecule has 0 saturated carbocycles. The van der Waals surface area contributed by atoms with Crippen LogP contribution in [0.1, 0.15) is 20.8 Å². The maximum atomic E-state index is 13.3. The number of halogens is 2. The summed E-state index contributed by atoms with van der Waals surface area (Å²) in [6.07, 6.45) is 4.64. The van der Waals surface area contributed by atoms with Gasteiger partial charge in [-0.3, -0.25) is 9.36 Å². The van der Waals surface area contributed by atoms with Crippen LogP contribution in [-0.4, -0.2) is 31.6 Å². The molecule has 10 heteroatoms. The lowest BCUT2D eigenvalue weighted by Crippen LogP contribution is -2.25. The molecule has 25 heavy (non-hydrogen) atoms. The van der Waals surface area contributed by atoms with Gasteiger partial charge in [-0.2, -0.15) is 0 Å². The zero-order chi connectivity index (χ0) is 18.0. The summed E-state index contributed by atoms with van der Waals surface area (Å²) in [5, 5.41) is 20.7. The van der Waals surface area contributed by atoms with Gasteiger partial charge in [0.25, 0.3) is 5.91 Å². The van der Waals surface area contributed by atoms with Gasteiger partial charge in [-0.1, -0.05) is 0 Å². The van der Waals surface area contributed by atoms with Crippen molar-refractivity contribution in [3.63, 3.8) is 0 Å². The highest BCUT2D eigenvalue weighted by molar-refractivity contribution is 6.06. The fourth-order valence-electron chi connectivity index (χ4n) is 1.98. The number of hydrogen-bond acceptors (Lipinski definition) is 6. The van der Waals surface area contributed by atoms with E-state index in [4.69, 9.17) is 0 Å². The van der Waals surface area contributed by atoms with Crippen molar-refractivity contribution in [2.24, 2.45) is 0 Å². The number of imidazole rings is 1. The first kappa shape index (κ1) is 16.2. The van der Waals surface area contributed by atoms with Gasteiger partial charge in [-0.15, -0.1) is 10.2 Å². The predicted octanol–water partition coefficient (Wildman–Crippen LogP) is 0.556. The summed E-state index contributed by atoms with van der Waals surface area (Å²) >= 11 is 0. The SMILES string of the molecule is O=C(Nc1cc(F)c(F)cc1C(=O)[O-])c1ccc(-n2ccnc2)nn1. The van der Waals surface area contributed by atoms with Crippen molar-refractivity contribution in [1.29, 1.82) is 0 Å². The van der Waals surface area contributed by atoms with E-state index in [0.29, 0.717) is 18.0 Å². The van der Waals surface area contributed by atoms with Crippen LogP contribution in [-0.2, 0) is 0 Å². The Morgan fingerprint density at radius 3 is 2.48 bits per heavy atom. The maximum absolute atomic E-state index is 13.3. The van der Waals surface area contributed by atoms with E-state index in [2.05, 4.69) is 20.5 Å². The Bertz CT molecular complexity index is 943. The molecular formula is C15H8F2N5O3-. The monoisotopic (exact) mass is 344 g/mol. The van der Waals surface area contributed by atoms with Crippen LogP contribution in [0.15, 0.2) is 43.0 Å². The Kier molecular flexibility index (Phi) is 4.16. The molecule has 0 bridgehead atoms. The van der Waals surface area contributed by atoms with Crippen LogP contribution in [0.2, 0.25) is 0 Å². The van der Waals surface area contributed by atoms with Gasteiger partial charge >= 0.3 is 0 Å². The molecule has 0 spiro atoms. The molecule has 0 aliphatic rings. The molecule has 0 fully saturated rings. The van der Waals surface area contributed by atoms with Crippen LogP contribution in [0.5, 0.6) is 0 Å². The molecule has 0 saturated heterocycles. The average Bonchev–Trinajstić information content (AvgIpc) is 3.12. The number of hydrogen-bond donors (Lipinski definition) is 1. The minimum absolute atomic E-state index is 0.155. The minimum Gasteiger partial charge on any atom is -0.545 e. The lowest BCUT2D eigenvalue weighted by Gasteiger charge is -2.12. The molecule has 3 aromatic rings. The second kappa shape index (κ2) is 6.43. The van der Waals surface area contributed by atoms with Gasteiger partial charge < -0.3 is 15.2 Å². The van der Waals surface area contributed by atoms with Gasteiger partial charge in [-0.25, -0.2) is 13.8 Å². The van der Waals surface area contributed by atoms with Crippen molar-refractivity contribution < 1.29 is 23.5 Å². The van der Waals surface area contributed by atoms with E-state index in [0.717, 1.165) is 0 Å². The molecular weight excluding hydrogens is 336 g/mol. The van der Waals surface area contributed by atoms with Crippen molar-refractivity contribution in [1.82, 2.24) is 19.7 Å². The first-order valence-corrected chi connectivity index (χ1v) is 6.79. The van der Waals surface area contributed by atoms with Gasteiger partial charge in [0.05, 0.1) is 11.7 Å². The van der Waals surface area contributed by atoms with Crippen LogP contribution in [0.25, 0.3) is 5.82 Å². The van der Waals surface area contributed by atoms with E-state index in [1.165, 1.54) is 24.7 Å². The number of aromatic nitrogens is 4. The van der Waals surface area contributed by atoms with Gasteiger partial charge in [0, 0.05) is 24.0 Å². The molecule has 0 aliphatic heterocycles. The molecule has 1 N–H and O–H groups in total. The summed E-state index contributed by atoms with van der Waals surface area (Å²) in [5.41, 5.74) is -1.31. The number of nitrogens with one attached hydrogen (secondary N) is 1. The number of anilines is 1. The van der Waals surface area contributed by atoms with Gasteiger partial charge in [0.1, 0.15) is 6.33 Å². The Labute approximate surface area is 138 Å². The fraction of sp³-hybridized carbons (Fsp3) is 0. The zero-order valence-electron chi connectivity index (χ0n) is 12.3. The third-order valence-corrected chi connectivity index (χ3v) is 3.18. The Morgan fingerprint density at radius 1 is 1.12 bits per heavy atom. The van der Waals surface area contributed by atoms with Crippen molar-refractivity contribution in [3.8, 4) is 5.82 Å². The molecule has 0 unspecified atom stereocenters. The number of amides is 1. The molecule has 0 atom stereocenters. The number of carbonyl (C=O) groups excluding carboxylic acids is 2. The number of rotatable bonds is 4. The lowest BCUT2D eigenvalue weighted by atomic mass is 10.1. The number of carbonyl (C=O) groups is 2. The Balaban J connectivity index is 1.85. The number of carboxylic acid groups (broad SMARTS) is 1. The van der Waals surface area contributed by atoms with Gasteiger partial charge in [0.15, 0.2) is 23.1 Å². The van der Waals surface area contributed by atoms with E-state index in [-0.39, 0.29) is 5.69 Å². The summed E-state index contributed by atoms with van der Waals surface area (Å²) in [4.78, 5) is 27.0. The summed E-state index contributed by atoms with van der Waals surface area (Å²) < 4.78 is 28.0. The molecule has 0 aliphatic carbocycles. The number of aromatic carboxylic acids is 1. The summed E-state index contributed by atoms with van der Waals surface area (Å²) in [6, 6.07) is 3.78. The lowest BCUT2D eigenvalue weighted by molar-refractivity contribution is -0.254. The molecule has 0 radical (unpaired) electrons. The first-order chi connectivity index (χ1) is 12.0. The van der Waals surface area contributed by atoms with Crippen molar-refractivity contribution >= 4 is 17.6 Å². The van der Waals surface area contributed by atoms with Crippen LogP contribution in [0, 0.1) is 11.6 Å². The molecule has 3 rings (SSSR count). The Hall–Kier alpha value is -3.69. The highest BCUT2D eigenvalue weighted by Gasteiger charge is 2.15. The quantitative estimate of drug-likeness (QED) is 0.740. The number of benzene rings is 1. The molecule has 2 aromatic heterocycles. The second-order valence-electron chi connectivity index (χ2n) is 4.80. The smallest absolute Gasteiger partial charge is 0.276 e. The Morgan fingerprint density at radius 2 is 1.88 bits per heavy atom.